The molecular weight excluding hydrogens is 314 g/mol. The number of benzene rings is 2. The van der Waals surface area contributed by atoms with Crippen molar-refractivity contribution in [3.63, 3.8) is 0 Å². The van der Waals surface area contributed by atoms with E-state index >= 15 is 0 Å². The number of carbonyl (C=O) groups excluding carboxylic acids is 1. The highest BCUT2D eigenvalue weighted by atomic mass is 32.2. The van der Waals surface area contributed by atoms with Gasteiger partial charge in [-0.05, 0) is 36.6 Å². The van der Waals surface area contributed by atoms with Crippen LogP contribution in [0.15, 0.2) is 53.4 Å². The fourth-order valence-corrected chi connectivity index (χ4v) is 2.41. The van der Waals surface area contributed by atoms with Crippen LogP contribution in [0.1, 0.15) is 10.4 Å². The van der Waals surface area contributed by atoms with Crippen molar-refractivity contribution in [2.75, 3.05) is 24.7 Å². The molecule has 0 radical (unpaired) electrons. The number of hydrogen-bond acceptors (Lipinski definition) is 5. The molecule has 2 rings (SSSR count). The lowest BCUT2D eigenvalue weighted by molar-refractivity contribution is -0.384. The first kappa shape index (κ1) is 16.8. The summed E-state index contributed by atoms with van der Waals surface area (Å²) in [5.74, 6) is -0.165. The van der Waals surface area contributed by atoms with E-state index in [1.165, 1.54) is 6.07 Å². The molecule has 1 amide bonds. The molecule has 23 heavy (non-hydrogen) atoms. The van der Waals surface area contributed by atoms with Crippen molar-refractivity contribution < 1.29 is 9.72 Å². The average Bonchev–Trinajstić information content (AvgIpc) is 2.58. The number of nitrogens with one attached hydrogen (secondary N) is 2. The summed E-state index contributed by atoms with van der Waals surface area (Å²) in [6.45, 7) is 0.772. The first-order valence-corrected chi connectivity index (χ1v) is 8.24. The van der Waals surface area contributed by atoms with Gasteiger partial charge in [-0.1, -0.05) is 12.1 Å². The summed E-state index contributed by atoms with van der Waals surface area (Å²) in [5.41, 5.74) is 1.05. The molecule has 0 saturated heterocycles. The molecule has 0 aliphatic rings. The van der Waals surface area contributed by atoms with Crippen molar-refractivity contribution in [3.05, 3.63) is 64.2 Å². The quantitative estimate of drug-likeness (QED) is 0.352. The van der Waals surface area contributed by atoms with Gasteiger partial charge in [0.2, 0.25) is 0 Å². The molecule has 6 nitrogen and oxygen atoms in total. The largest absolute Gasteiger partial charge is 0.378 e. The molecule has 0 aliphatic carbocycles. The van der Waals surface area contributed by atoms with Crippen LogP contribution in [0.3, 0.4) is 0 Å². The number of para-hydroxylation sites is 2. The number of nitro benzene ring substituents is 1. The zero-order valence-electron chi connectivity index (χ0n) is 12.6. The molecule has 0 unspecified atom stereocenters. The first-order valence-electron chi connectivity index (χ1n) is 7.01. The summed E-state index contributed by atoms with van der Waals surface area (Å²) in [6.07, 6.45) is 1.98. The Labute approximate surface area is 138 Å². The Balaban J connectivity index is 1.83. The van der Waals surface area contributed by atoms with Gasteiger partial charge in [0, 0.05) is 29.6 Å². The van der Waals surface area contributed by atoms with Gasteiger partial charge in [0.15, 0.2) is 0 Å². The zero-order valence-corrected chi connectivity index (χ0v) is 13.4. The van der Waals surface area contributed by atoms with E-state index in [-0.39, 0.29) is 11.6 Å². The smallest absolute Gasteiger partial charge is 0.292 e. The highest BCUT2D eigenvalue weighted by Gasteiger charge is 2.11. The van der Waals surface area contributed by atoms with Gasteiger partial charge < -0.3 is 10.6 Å². The Hall–Kier alpha value is -2.54. The molecule has 0 aliphatic heterocycles. The lowest BCUT2D eigenvalue weighted by Crippen LogP contribution is -2.28. The highest BCUT2D eigenvalue weighted by Crippen LogP contribution is 2.22. The summed E-state index contributed by atoms with van der Waals surface area (Å²) >= 11 is 1.62. The Morgan fingerprint density at radius 2 is 1.83 bits per heavy atom. The minimum atomic E-state index is -0.436. The number of hydrogen-bond donors (Lipinski definition) is 2. The molecule has 2 N–H and O–H groups in total. The predicted molar refractivity (Wildman–Crippen MR) is 92.1 cm³/mol. The Morgan fingerprint density at radius 3 is 2.48 bits per heavy atom. The van der Waals surface area contributed by atoms with Crippen molar-refractivity contribution in [2.24, 2.45) is 0 Å². The number of carbonyl (C=O) groups is 1. The van der Waals surface area contributed by atoms with Gasteiger partial charge in [-0.25, -0.2) is 0 Å². The summed E-state index contributed by atoms with van der Waals surface area (Å²) in [5, 5.41) is 16.6. The van der Waals surface area contributed by atoms with E-state index in [0.717, 1.165) is 4.90 Å². The number of nitrogens with zero attached hydrogens (tertiary/aromatic N) is 1. The van der Waals surface area contributed by atoms with Crippen molar-refractivity contribution in [1.82, 2.24) is 5.32 Å². The number of thioether (sulfide) groups is 1. The van der Waals surface area contributed by atoms with E-state index in [9.17, 15) is 14.9 Å². The molecule has 120 valence electrons. The number of nitro groups is 1. The van der Waals surface area contributed by atoms with Gasteiger partial charge >= 0.3 is 0 Å². The minimum absolute atomic E-state index is 0.0199. The highest BCUT2D eigenvalue weighted by molar-refractivity contribution is 7.98. The van der Waals surface area contributed by atoms with Crippen molar-refractivity contribution in [3.8, 4) is 0 Å². The summed E-state index contributed by atoms with van der Waals surface area (Å²) in [7, 11) is 0. The van der Waals surface area contributed by atoms with E-state index in [1.807, 2.05) is 18.4 Å². The van der Waals surface area contributed by atoms with Crippen molar-refractivity contribution in [2.45, 2.75) is 4.90 Å². The molecule has 0 fully saturated rings. The molecule has 2 aromatic rings. The van der Waals surface area contributed by atoms with Crippen LogP contribution in [0.4, 0.5) is 11.4 Å². The second-order valence-corrected chi connectivity index (χ2v) is 5.57. The van der Waals surface area contributed by atoms with Crippen LogP contribution < -0.4 is 10.6 Å². The fraction of sp³-hybridized carbons (Fsp3) is 0.188. The normalized spacial score (nSPS) is 10.1. The monoisotopic (exact) mass is 331 g/mol. The second-order valence-electron chi connectivity index (χ2n) is 4.69. The van der Waals surface area contributed by atoms with Crippen LogP contribution in [0.25, 0.3) is 0 Å². The third kappa shape index (κ3) is 4.72. The zero-order chi connectivity index (χ0) is 16.7. The van der Waals surface area contributed by atoms with E-state index in [4.69, 9.17) is 0 Å². The molecule has 0 heterocycles. The SMILES string of the molecule is CSc1ccc(C(=O)NCCNc2ccccc2[N+](=O)[O-])cc1. The molecule has 2 aromatic carbocycles. The van der Waals surface area contributed by atoms with E-state index < -0.39 is 4.92 Å². The Morgan fingerprint density at radius 1 is 1.13 bits per heavy atom. The van der Waals surface area contributed by atoms with Crippen molar-refractivity contribution in [1.29, 1.82) is 0 Å². The number of rotatable bonds is 7. The summed E-state index contributed by atoms with van der Waals surface area (Å²) < 4.78 is 0. The lowest BCUT2D eigenvalue weighted by atomic mass is 10.2. The van der Waals surface area contributed by atoms with Gasteiger partial charge in [-0.2, -0.15) is 0 Å². The van der Waals surface area contributed by atoms with Crippen LogP contribution >= 0.6 is 11.8 Å². The van der Waals surface area contributed by atoms with Crippen molar-refractivity contribution >= 4 is 29.0 Å². The lowest BCUT2D eigenvalue weighted by Gasteiger charge is -2.08. The average molecular weight is 331 g/mol. The standard InChI is InChI=1S/C16H17N3O3S/c1-23-13-8-6-12(7-9-13)16(20)18-11-10-17-14-4-2-3-5-15(14)19(21)22/h2-9,17H,10-11H2,1H3,(H,18,20). The van der Waals surface area contributed by atoms with Crippen LogP contribution in [-0.4, -0.2) is 30.2 Å². The molecule has 7 heteroatoms. The maximum atomic E-state index is 12.0. The summed E-state index contributed by atoms with van der Waals surface area (Å²) in [6, 6.07) is 13.8. The predicted octanol–water partition coefficient (Wildman–Crippen LogP) is 3.16. The molecule has 0 atom stereocenters. The maximum absolute atomic E-state index is 12.0. The topological polar surface area (TPSA) is 84.3 Å². The molecule has 0 bridgehead atoms. The van der Waals surface area contributed by atoms with Crippen LogP contribution in [-0.2, 0) is 0 Å². The third-order valence-corrected chi connectivity index (χ3v) is 3.92. The molecule has 0 aromatic heterocycles. The van der Waals surface area contributed by atoms with Gasteiger partial charge in [0.05, 0.1) is 4.92 Å². The Bertz CT molecular complexity index is 689. The van der Waals surface area contributed by atoms with Crippen LogP contribution in [0.2, 0.25) is 0 Å². The second kappa shape index (κ2) is 8.19. The van der Waals surface area contributed by atoms with Crippen LogP contribution in [0, 0.1) is 10.1 Å². The fourth-order valence-electron chi connectivity index (χ4n) is 2.00. The molecule has 0 saturated carbocycles. The first-order chi connectivity index (χ1) is 11.1. The Kier molecular flexibility index (Phi) is 5.99. The van der Waals surface area contributed by atoms with E-state index in [0.29, 0.717) is 24.3 Å². The van der Waals surface area contributed by atoms with Gasteiger partial charge in [-0.15, -0.1) is 11.8 Å². The molecule has 0 spiro atoms. The van der Waals surface area contributed by atoms with Gasteiger partial charge in [0.25, 0.3) is 11.6 Å². The maximum Gasteiger partial charge on any atom is 0.292 e. The minimum Gasteiger partial charge on any atom is -0.378 e. The third-order valence-electron chi connectivity index (χ3n) is 3.18. The van der Waals surface area contributed by atoms with Crippen LogP contribution in [0.5, 0.6) is 0 Å². The van der Waals surface area contributed by atoms with Gasteiger partial charge in [0.1, 0.15) is 5.69 Å². The van der Waals surface area contributed by atoms with E-state index in [2.05, 4.69) is 10.6 Å². The number of anilines is 1. The van der Waals surface area contributed by atoms with Gasteiger partial charge in [-0.3, -0.25) is 14.9 Å². The van der Waals surface area contributed by atoms with E-state index in [1.54, 1.807) is 42.1 Å². The number of amides is 1. The molecular formula is C16H17N3O3S. The summed E-state index contributed by atoms with van der Waals surface area (Å²) in [4.78, 5) is 23.5.